The molecular weight excluding hydrogens is 358 g/mol. The zero-order valence-electron chi connectivity index (χ0n) is 11.9. The molecule has 3 aromatic rings. The fourth-order valence-corrected chi connectivity index (χ4v) is 2.62. The second-order valence-electron chi connectivity index (χ2n) is 4.85. The second kappa shape index (κ2) is 6.58. The molecule has 2 N–H and O–H groups in total. The zero-order valence-corrected chi connectivity index (χ0v) is 13.5. The lowest BCUT2D eigenvalue weighted by Gasteiger charge is -2.04. The molecule has 1 aromatic heterocycles. The predicted molar refractivity (Wildman–Crippen MR) is 93.8 cm³/mol. The van der Waals surface area contributed by atoms with Gasteiger partial charge in [-0.3, -0.25) is 9.59 Å². The number of hydrazone groups is 1. The highest BCUT2D eigenvalue weighted by molar-refractivity contribution is 9.10. The number of halogens is 1. The van der Waals surface area contributed by atoms with E-state index in [0.717, 1.165) is 10.0 Å². The zero-order chi connectivity index (χ0) is 16.2. The van der Waals surface area contributed by atoms with E-state index in [4.69, 9.17) is 0 Å². The van der Waals surface area contributed by atoms with Crippen molar-refractivity contribution in [2.45, 2.75) is 0 Å². The molecule has 114 valence electrons. The van der Waals surface area contributed by atoms with Crippen LogP contribution in [0.15, 0.2) is 69.0 Å². The highest BCUT2D eigenvalue weighted by Crippen LogP contribution is 2.14. The van der Waals surface area contributed by atoms with Gasteiger partial charge in [-0.15, -0.1) is 0 Å². The lowest BCUT2D eigenvalue weighted by molar-refractivity contribution is 0.0956. The molecule has 5 nitrogen and oxygen atoms in total. The first-order valence-electron chi connectivity index (χ1n) is 6.84. The molecule has 0 aliphatic rings. The lowest BCUT2D eigenvalue weighted by atomic mass is 10.1. The summed E-state index contributed by atoms with van der Waals surface area (Å²) in [5.74, 6) is -0.432. The van der Waals surface area contributed by atoms with Gasteiger partial charge in [0.05, 0.1) is 11.8 Å². The standard InChI is InChI=1S/C17H12BrN3O2/c18-12-5-3-4-11(8-12)10-19-21-17(23)14-9-16(22)20-15-7-2-1-6-13(14)15/h1-10H,(H,20,22)(H,21,23). The van der Waals surface area contributed by atoms with Crippen LogP contribution in [-0.4, -0.2) is 17.1 Å². The Morgan fingerprint density at radius 1 is 1.13 bits per heavy atom. The Morgan fingerprint density at radius 2 is 1.96 bits per heavy atom. The highest BCUT2D eigenvalue weighted by atomic mass is 79.9. The molecule has 1 heterocycles. The SMILES string of the molecule is O=C(NN=Cc1cccc(Br)c1)c1cc(=O)[nH]c2ccccc12. The molecule has 0 spiro atoms. The number of carbonyl (C=O) groups is 1. The lowest BCUT2D eigenvalue weighted by Crippen LogP contribution is -2.20. The van der Waals surface area contributed by atoms with Gasteiger partial charge in [0.2, 0.25) is 5.56 Å². The summed E-state index contributed by atoms with van der Waals surface area (Å²) < 4.78 is 0.924. The minimum Gasteiger partial charge on any atom is -0.322 e. The monoisotopic (exact) mass is 369 g/mol. The Hall–Kier alpha value is -2.73. The molecule has 6 heteroatoms. The quantitative estimate of drug-likeness (QED) is 0.549. The number of aromatic amines is 1. The van der Waals surface area contributed by atoms with E-state index in [1.807, 2.05) is 30.3 Å². The van der Waals surface area contributed by atoms with Gasteiger partial charge in [-0.2, -0.15) is 5.10 Å². The summed E-state index contributed by atoms with van der Waals surface area (Å²) in [5.41, 5.74) is 3.86. The third-order valence-corrected chi connectivity index (χ3v) is 3.72. The molecule has 3 rings (SSSR count). The van der Waals surface area contributed by atoms with E-state index >= 15 is 0 Å². The van der Waals surface area contributed by atoms with Crippen molar-refractivity contribution in [2.75, 3.05) is 0 Å². The van der Waals surface area contributed by atoms with Crippen LogP contribution in [0.1, 0.15) is 15.9 Å². The van der Waals surface area contributed by atoms with Crippen LogP contribution in [0.5, 0.6) is 0 Å². The maximum atomic E-state index is 12.3. The van der Waals surface area contributed by atoms with E-state index in [-0.39, 0.29) is 11.1 Å². The number of H-pyrrole nitrogens is 1. The van der Waals surface area contributed by atoms with Gasteiger partial charge in [-0.25, -0.2) is 5.43 Å². The van der Waals surface area contributed by atoms with E-state index in [0.29, 0.717) is 10.9 Å². The first-order chi connectivity index (χ1) is 11.1. The smallest absolute Gasteiger partial charge is 0.272 e. The number of hydrogen-bond acceptors (Lipinski definition) is 3. The first-order valence-corrected chi connectivity index (χ1v) is 7.64. The average Bonchev–Trinajstić information content (AvgIpc) is 2.54. The number of aromatic nitrogens is 1. The number of hydrogen-bond donors (Lipinski definition) is 2. The maximum absolute atomic E-state index is 12.3. The van der Waals surface area contributed by atoms with Crippen molar-refractivity contribution >= 4 is 39.0 Å². The largest absolute Gasteiger partial charge is 0.322 e. The van der Waals surface area contributed by atoms with Crippen molar-refractivity contribution < 1.29 is 4.79 Å². The molecule has 0 radical (unpaired) electrons. The normalized spacial score (nSPS) is 11.0. The maximum Gasteiger partial charge on any atom is 0.272 e. The van der Waals surface area contributed by atoms with Gasteiger partial charge in [0.15, 0.2) is 0 Å². The van der Waals surface area contributed by atoms with Crippen LogP contribution in [0, 0.1) is 0 Å². The van der Waals surface area contributed by atoms with E-state index in [1.165, 1.54) is 12.3 Å². The van der Waals surface area contributed by atoms with E-state index < -0.39 is 5.91 Å². The Labute approximate surface area is 140 Å². The molecule has 0 saturated carbocycles. The number of pyridine rings is 1. The summed E-state index contributed by atoms with van der Waals surface area (Å²) in [6, 6.07) is 15.9. The molecule has 0 saturated heterocycles. The van der Waals surface area contributed by atoms with Crippen LogP contribution in [0.2, 0.25) is 0 Å². The molecule has 0 atom stereocenters. The number of carbonyl (C=O) groups excluding carboxylic acids is 1. The summed E-state index contributed by atoms with van der Waals surface area (Å²) >= 11 is 3.37. The topological polar surface area (TPSA) is 74.3 Å². The van der Waals surface area contributed by atoms with Crippen LogP contribution < -0.4 is 11.0 Å². The molecule has 0 aliphatic heterocycles. The van der Waals surface area contributed by atoms with E-state index in [1.54, 1.807) is 18.2 Å². The fraction of sp³-hybridized carbons (Fsp3) is 0. The summed E-state index contributed by atoms with van der Waals surface area (Å²) in [6.45, 7) is 0. The number of fused-ring (bicyclic) bond motifs is 1. The first kappa shape index (κ1) is 15.2. The van der Waals surface area contributed by atoms with Gasteiger partial charge in [0.1, 0.15) is 0 Å². The van der Waals surface area contributed by atoms with Gasteiger partial charge in [0, 0.05) is 21.4 Å². The summed E-state index contributed by atoms with van der Waals surface area (Å²) in [7, 11) is 0. The van der Waals surface area contributed by atoms with Crippen molar-refractivity contribution in [1.29, 1.82) is 0 Å². The Bertz CT molecular complexity index is 963. The minimum atomic E-state index is -0.432. The average molecular weight is 370 g/mol. The minimum absolute atomic E-state index is 0.288. The van der Waals surface area contributed by atoms with Crippen molar-refractivity contribution in [3.05, 3.63) is 80.6 Å². The Balaban J connectivity index is 1.85. The fourth-order valence-electron chi connectivity index (χ4n) is 2.21. The summed E-state index contributed by atoms with van der Waals surface area (Å²) in [5, 5.41) is 4.61. The molecular formula is C17H12BrN3O2. The highest BCUT2D eigenvalue weighted by Gasteiger charge is 2.10. The van der Waals surface area contributed by atoms with Crippen molar-refractivity contribution in [3.8, 4) is 0 Å². The molecule has 0 fully saturated rings. The van der Waals surface area contributed by atoms with Crippen LogP contribution in [-0.2, 0) is 0 Å². The van der Waals surface area contributed by atoms with Gasteiger partial charge < -0.3 is 4.98 Å². The molecule has 1 amide bonds. The molecule has 0 aliphatic carbocycles. The van der Waals surface area contributed by atoms with Crippen LogP contribution in [0.3, 0.4) is 0 Å². The van der Waals surface area contributed by atoms with E-state index in [9.17, 15) is 9.59 Å². The van der Waals surface area contributed by atoms with E-state index in [2.05, 4.69) is 31.4 Å². The Morgan fingerprint density at radius 3 is 2.78 bits per heavy atom. The van der Waals surface area contributed by atoms with Crippen molar-refractivity contribution in [3.63, 3.8) is 0 Å². The molecule has 0 bridgehead atoms. The number of para-hydroxylation sites is 1. The third-order valence-electron chi connectivity index (χ3n) is 3.22. The van der Waals surface area contributed by atoms with Crippen LogP contribution >= 0.6 is 15.9 Å². The summed E-state index contributed by atoms with van der Waals surface area (Å²) in [4.78, 5) is 26.6. The molecule has 23 heavy (non-hydrogen) atoms. The number of amides is 1. The summed E-state index contributed by atoms with van der Waals surface area (Å²) in [6.07, 6.45) is 1.54. The molecule has 2 aromatic carbocycles. The van der Waals surface area contributed by atoms with Crippen molar-refractivity contribution in [2.24, 2.45) is 5.10 Å². The second-order valence-corrected chi connectivity index (χ2v) is 5.76. The van der Waals surface area contributed by atoms with Gasteiger partial charge in [-0.05, 0) is 23.8 Å². The van der Waals surface area contributed by atoms with Crippen LogP contribution in [0.25, 0.3) is 10.9 Å². The molecule has 0 unspecified atom stereocenters. The van der Waals surface area contributed by atoms with Crippen molar-refractivity contribution in [1.82, 2.24) is 10.4 Å². The number of nitrogens with one attached hydrogen (secondary N) is 2. The third kappa shape index (κ3) is 3.54. The van der Waals surface area contributed by atoms with Gasteiger partial charge in [-0.1, -0.05) is 46.3 Å². The number of benzene rings is 2. The van der Waals surface area contributed by atoms with Gasteiger partial charge >= 0.3 is 0 Å². The number of rotatable bonds is 3. The van der Waals surface area contributed by atoms with Crippen LogP contribution in [0.4, 0.5) is 0 Å². The van der Waals surface area contributed by atoms with Gasteiger partial charge in [0.25, 0.3) is 5.91 Å². The predicted octanol–water partition coefficient (Wildman–Crippen LogP) is 3.05. The number of nitrogens with zero attached hydrogens (tertiary/aromatic N) is 1. The Kier molecular flexibility index (Phi) is 4.34.